The highest BCUT2D eigenvalue weighted by Gasteiger charge is 2.23. The normalized spacial score (nSPS) is 17.1. The van der Waals surface area contributed by atoms with Crippen molar-refractivity contribution in [3.63, 3.8) is 0 Å². The van der Waals surface area contributed by atoms with Gasteiger partial charge in [0.15, 0.2) is 0 Å². The molecule has 7 heteroatoms. The van der Waals surface area contributed by atoms with Crippen molar-refractivity contribution < 1.29 is 4.79 Å². The number of rotatable bonds is 6. The lowest BCUT2D eigenvalue weighted by Gasteiger charge is -2.33. The van der Waals surface area contributed by atoms with Crippen molar-refractivity contribution in [1.29, 1.82) is 0 Å². The number of hydrogen-bond donors (Lipinski definition) is 1. The van der Waals surface area contributed by atoms with Crippen LogP contribution in [0.15, 0.2) is 41.5 Å². The van der Waals surface area contributed by atoms with E-state index in [0.29, 0.717) is 18.9 Å². The van der Waals surface area contributed by atoms with Gasteiger partial charge in [-0.2, -0.15) is 5.10 Å². The fraction of sp³-hybridized carbons (Fsp3) is 0.474. The number of carbonyl (C=O) groups is 1. The zero-order valence-electron chi connectivity index (χ0n) is 15.1. The molecule has 1 N–H and O–H groups in total. The lowest BCUT2D eigenvalue weighted by molar-refractivity contribution is -0.122. The Hall–Kier alpha value is -2.70. The van der Waals surface area contributed by atoms with Crippen LogP contribution in [-0.4, -0.2) is 40.3 Å². The molecule has 1 aliphatic heterocycles. The van der Waals surface area contributed by atoms with Crippen molar-refractivity contribution in [2.45, 2.75) is 25.7 Å². The highest BCUT2D eigenvalue weighted by atomic mass is 16.1. The van der Waals surface area contributed by atoms with Crippen molar-refractivity contribution in [2.75, 3.05) is 24.5 Å². The number of aromatic nitrogens is 3. The average molecular weight is 355 g/mol. The van der Waals surface area contributed by atoms with Crippen molar-refractivity contribution >= 4 is 11.6 Å². The first-order valence-electron chi connectivity index (χ1n) is 9.07. The maximum atomic E-state index is 12.2. The second-order valence-corrected chi connectivity index (χ2v) is 6.76. The predicted octanol–water partition coefficient (Wildman–Crippen LogP) is 1.14. The SMILES string of the molecule is Cn1ncc(N2CCCC(CC(=O)NCCc3ccccn3)C2)cc1=O. The third-order valence-corrected chi connectivity index (χ3v) is 4.74. The van der Waals surface area contributed by atoms with Crippen molar-refractivity contribution in [3.8, 4) is 0 Å². The van der Waals surface area contributed by atoms with E-state index in [-0.39, 0.29) is 11.5 Å². The standard InChI is InChI=1S/C19H25N5O2/c1-23-19(26)12-17(13-22-23)24-10-4-5-15(14-24)11-18(25)21-9-7-16-6-2-3-8-20-16/h2-3,6,8,12-13,15H,4-5,7,9-11,14H2,1H3,(H,21,25). The fourth-order valence-electron chi connectivity index (χ4n) is 3.31. The summed E-state index contributed by atoms with van der Waals surface area (Å²) < 4.78 is 1.32. The van der Waals surface area contributed by atoms with Gasteiger partial charge in [-0.25, -0.2) is 4.68 Å². The summed E-state index contributed by atoms with van der Waals surface area (Å²) in [6.45, 7) is 2.28. The summed E-state index contributed by atoms with van der Waals surface area (Å²) in [6.07, 6.45) is 6.78. The van der Waals surface area contributed by atoms with Gasteiger partial charge in [0.25, 0.3) is 5.56 Å². The summed E-state index contributed by atoms with van der Waals surface area (Å²) in [5.74, 6) is 0.373. The summed E-state index contributed by atoms with van der Waals surface area (Å²) >= 11 is 0. The average Bonchev–Trinajstić information content (AvgIpc) is 2.65. The molecule has 3 rings (SSSR count). The molecule has 1 atom stereocenters. The van der Waals surface area contributed by atoms with E-state index in [2.05, 4.69) is 20.3 Å². The number of hydrogen-bond acceptors (Lipinski definition) is 5. The summed E-state index contributed by atoms with van der Waals surface area (Å²) in [5.41, 5.74) is 1.71. The van der Waals surface area contributed by atoms with Crippen molar-refractivity contribution in [2.24, 2.45) is 13.0 Å². The molecule has 1 saturated heterocycles. The van der Waals surface area contributed by atoms with Gasteiger partial charge in [0.1, 0.15) is 0 Å². The van der Waals surface area contributed by atoms with Gasteiger partial charge in [-0.05, 0) is 30.9 Å². The van der Waals surface area contributed by atoms with Crippen LogP contribution in [-0.2, 0) is 18.3 Å². The molecule has 0 radical (unpaired) electrons. The molecule has 0 aliphatic carbocycles. The maximum absolute atomic E-state index is 12.2. The van der Waals surface area contributed by atoms with E-state index in [1.165, 1.54) is 4.68 Å². The molecule has 26 heavy (non-hydrogen) atoms. The van der Waals surface area contributed by atoms with Crippen LogP contribution >= 0.6 is 0 Å². The minimum absolute atomic E-state index is 0.0786. The molecule has 138 valence electrons. The van der Waals surface area contributed by atoms with E-state index in [1.54, 1.807) is 25.5 Å². The first-order valence-corrected chi connectivity index (χ1v) is 9.07. The number of amides is 1. The Labute approximate surface area is 153 Å². The number of pyridine rings is 1. The molecule has 1 fully saturated rings. The molecule has 0 saturated carbocycles. The largest absolute Gasteiger partial charge is 0.370 e. The van der Waals surface area contributed by atoms with E-state index in [0.717, 1.165) is 43.7 Å². The topological polar surface area (TPSA) is 80.1 Å². The van der Waals surface area contributed by atoms with Crippen LogP contribution in [0.25, 0.3) is 0 Å². The van der Waals surface area contributed by atoms with Crippen LogP contribution in [0.3, 0.4) is 0 Å². The lowest BCUT2D eigenvalue weighted by atomic mass is 9.94. The molecule has 0 bridgehead atoms. The van der Waals surface area contributed by atoms with Crippen LogP contribution in [0.4, 0.5) is 5.69 Å². The predicted molar refractivity (Wildman–Crippen MR) is 100.0 cm³/mol. The fourth-order valence-corrected chi connectivity index (χ4v) is 3.31. The second kappa shape index (κ2) is 8.60. The van der Waals surface area contributed by atoms with Gasteiger partial charge >= 0.3 is 0 Å². The van der Waals surface area contributed by atoms with Gasteiger partial charge in [0.2, 0.25) is 5.91 Å². The smallest absolute Gasteiger partial charge is 0.268 e. The second-order valence-electron chi connectivity index (χ2n) is 6.76. The Morgan fingerprint density at radius 3 is 3.04 bits per heavy atom. The first-order chi connectivity index (χ1) is 12.6. The van der Waals surface area contributed by atoms with Gasteiger partial charge in [-0.15, -0.1) is 0 Å². The van der Waals surface area contributed by atoms with E-state index >= 15 is 0 Å². The Morgan fingerprint density at radius 1 is 1.38 bits per heavy atom. The number of carbonyl (C=O) groups excluding carboxylic acids is 1. The molecular formula is C19H25N5O2. The Kier molecular flexibility index (Phi) is 5.99. The highest BCUT2D eigenvalue weighted by molar-refractivity contribution is 5.76. The number of anilines is 1. The molecule has 0 aromatic carbocycles. The van der Waals surface area contributed by atoms with Crippen LogP contribution < -0.4 is 15.8 Å². The van der Waals surface area contributed by atoms with E-state index in [9.17, 15) is 9.59 Å². The van der Waals surface area contributed by atoms with Gasteiger partial charge < -0.3 is 10.2 Å². The molecule has 2 aromatic heterocycles. The first kappa shape index (κ1) is 18.1. The van der Waals surface area contributed by atoms with Crippen molar-refractivity contribution in [3.05, 3.63) is 52.7 Å². The third-order valence-electron chi connectivity index (χ3n) is 4.74. The molecular weight excluding hydrogens is 330 g/mol. The molecule has 1 aliphatic rings. The third kappa shape index (κ3) is 4.91. The van der Waals surface area contributed by atoms with E-state index < -0.39 is 0 Å². The highest BCUT2D eigenvalue weighted by Crippen LogP contribution is 2.23. The van der Waals surface area contributed by atoms with Gasteiger partial charge in [0, 0.05) is 57.5 Å². The molecule has 3 heterocycles. The number of nitrogens with one attached hydrogen (secondary N) is 1. The number of aryl methyl sites for hydroxylation is 1. The van der Waals surface area contributed by atoms with Crippen molar-refractivity contribution in [1.82, 2.24) is 20.1 Å². The molecule has 0 spiro atoms. The van der Waals surface area contributed by atoms with Crippen LogP contribution in [0.1, 0.15) is 25.0 Å². The minimum atomic E-state index is -0.114. The Balaban J connectivity index is 1.47. The van der Waals surface area contributed by atoms with E-state index in [1.807, 2.05) is 18.2 Å². The summed E-state index contributed by atoms with van der Waals surface area (Å²) in [6, 6.07) is 7.41. The van der Waals surface area contributed by atoms with Gasteiger partial charge in [-0.3, -0.25) is 14.6 Å². The monoisotopic (exact) mass is 355 g/mol. The molecule has 1 unspecified atom stereocenters. The lowest BCUT2D eigenvalue weighted by Crippen LogP contribution is -2.39. The summed E-state index contributed by atoms with van der Waals surface area (Å²) in [4.78, 5) is 30.4. The molecule has 7 nitrogen and oxygen atoms in total. The Morgan fingerprint density at radius 2 is 2.27 bits per heavy atom. The van der Waals surface area contributed by atoms with Crippen LogP contribution in [0.2, 0.25) is 0 Å². The van der Waals surface area contributed by atoms with Crippen LogP contribution in [0.5, 0.6) is 0 Å². The van der Waals surface area contributed by atoms with Gasteiger partial charge in [0.05, 0.1) is 11.9 Å². The minimum Gasteiger partial charge on any atom is -0.370 e. The summed E-state index contributed by atoms with van der Waals surface area (Å²) in [5, 5.41) is 7.07. The molecule has 1 amide bonds. The quantitative estimate of drug-likeness (QED) is 0.841. The summed E-state index contributed by atoms with van der Waals surface area (Å²) in [7, 11) is 1.64. The zero-order chi connectivity index (χ0) is 18.4. The number of nitrogens with zero attached hydrogens (tertiary/aromatic N) is 4. The van der Waals surface area contributed by atoms with Gasteiger partial charge in [-0.1, -0.05) is 6.07 Å². The van der Waals surface area contributed by atoms with Crippen LogP contribution in [0, 0.1) is 5.92 Å². The maximum Gasteiger partial charge on any atom is 0.268 e. The molecule has 2 aromatic rings. The Bertz CT molecular complexity index is 790. The number of piperidine rings is 1. The van der Waals surface area contributed by atoms with E-state index in [4.69, 9.17) is 0 Å². The zero-order valence-corrected chi connectivity index (χ0v) is 15.1.